The van der Waals surface area contributed by atoms with Crippen LogP contribution in [-0.2, 0) is 17.3 Å². The summed E-state index contributed by atoms with van der Waals surface area (Å²) in [4.78, 5) is 29.0. The first-order valence-corrected chi connectivity index (χ1v) is 9.81. The minimum atomic E-state index is -4.79. The van der Waals surface area contributed by atoms with E-state index in [1.165, 1.54) is 0 Å². The number of halogens is 5. The van der Waals surface area contributed by atoms with E-state index in [4.69, 9.17) is 4.74 Å². The number of rotatable bonds is 4. The monoisotopic (exact) mass is 469 g/mol. The zero-order chi connectivity index (χ0) is 24.6. The summed E-state index contributed by atoms with van der Waals surface area (Å²) in [6.45, 7) is 4.77. The first-order valence-electron chi connectivity index (χ1n) is 9.81. The lowest BCUT2D eigenvalue weighted by atomic mass is 10.1. The van der Waals surface area contributed by atoms with Crippen LogP contribution in [0.25, 0.3) is 16.6 Å². The summed E-state index contributed by atoms with van der Waals surface area (Å²) >= 11 is 0. The SMILES string of the molecule is CC(C)(C)OC(=O)NCCc1nc2c(C(F)(F)F)cccc2c(=O)n1-c1cc(F)cc(F)c1. The van der Waals surface area contributed by atoms with Gasteiger partial charge in [-0.05, 0) is 45.0 Å². The number of ether oxygens (including phenoxy) is 1. The molecule has 0 radical (unpaired) electrons. The highest BCUT2D eigenvalue weighted by Crippen LogP contribution is 2.33. The first-order chi connectivity index (χ1) is 15.3. The van der Waals surface area contributed by atoms with Crippen LogP contribution in [0.1, 0.15) is 32.2 Å². The Labute approximate surface area is 185 Å². The van der Waals surface area contributed by atoms with Crippen LogP contribution in [0.15, 0.2) is 41.2 Å². The maximum Gasteiger partial charge on any atom is 0.418 e. The second-order valence-corrected chi connectivity index (χ2v) is 8.17. The van der Waals surface area contributed by atoms with E-state index in [-0.39, 0.29) is 29.9 Å². The number of hydrogen-bond acceptors (Lipinski definition) is 4. The van der Waals surface area contributed by atoms with Crippen LogP contribution in [-0.4, -0.2) is 27.8 Å². The lowest BCUT2D eigenvalue weighted by Gasteiger charge is -2.20. The van der Waals surface area contributed by atoms with Gasteiger partial charge in [0.1, 0.15) is 23.1 Å². The molecule has 0 aliphatic heterocycles. The minimum Gasteiger partial charge on any atom is -0.444 e. The van der Waals surface area contributed by atoms with E-state index in [1.807, 2.05) is 0 Å². The van der Waals surface area contributed by atoms with E-state index in [0.717, 1.165) is 34.9 Å². The van der Waals surface area contributed by atoms with Crippen molar-refractivity contribution in [3.63, 3.8) is 0 Å². The molecule has 176 valence electrons. The van der Waals surface area contributed by atoms with Gasteiger partial charge in [0, 0.05) is 19.0 Å². The molecule has 0 saturated heterocycles. The molecule has 0 saturated carbocycles. The Morgan fingerprint density at radius 2 is 1.73 bits per heavy atom. The lowest BCUT2D eigenvalue weighted by Crippen LogP contribution is -2.34. The number of nitrogens with zero attached hydrogens (tertiary/aromatic N) is 2. The van der Waals surface area contributed by atoms with E-state index in [1.54, 1.807) is 20.8 Å². The molecule has 0 spiro atoms. The Morgan fingerprint density at radius 1 is 1.09 bits per heavy atom. The van der Waals surface area contributed by atoms with Crippen molar-refractivity contribution >= 4 is 17.0 Å². The summed E-state index contributed by atoms with van der Waals surface area (Å²) in [5.74, 6) is -2.21. The molecule has 1 heterocycles. The van der Waals surface area contributed by atoms with Crippen LogP contribution in [0.4, 0.5) is 26.7 Å². The van der Waals surface area contributed by atoms with Gasteiger partial charge < -0.3 is 10.1 Å². The molecule has 0 fully saturated rings. The third kappa shape index (κ3) is 5.65. The number of benzene rings is 2. The van der Waals surface area contributed by atoms with E-state index < -0.39 is 46.1 Å². The van der Waals surface area contributed by atoms with Crippen molar-refractivity contribution in [1.29, 1.82) is 0 Å². The van der Waals surface area contributed by atoms with Crippen molar-refractivity contribution in [1.82, 2.24) is 14.9 Å². The molecular formula is C22H20F5N3O3. The molecule has 3 rings (SSSR count). The number of para-hydroxylation sites is 1. The van der Waals surface area contributed by atoms with Gasteiger partial charge in [-0.15, -0.1) is 0 Å². The molecule has 0 unspecified atom stereocenters. The maximum absolute atomic E-state index is 13.8. The quantitative estimate of drug-likeness (QED) is 0.560. The second kappa shape index (κ2) is 8.80. The van der Waals surface area contributed by atoms with Gasteiger partial charge in [0.2, 0.25) is 0 Å². The van der Waals surface area contributed by atoms with Crippen molar-refractivity contribution in [2.75, 3.05) is 6.54 Å². The van der Waals surface area contributed by atoms with Crippen molar-refractivity contribution in [3.8, 4) is 5.69 Å². The highest BCUT2D eigenvalue weighted by molar-refractivity contribution is 5.82. The molecular weight excluding hydrogens is 449 g/mol. The molecule has 6 nitrogen and oxygen atoms in total. The Bertz CT molecular complexity index is 1240. The number of carbonyl (C=O) groups is 1. The second-order valence-electron chi connectivity index (χ2n) is 8.17. The standard InChI is InChI=1S/C22H20F5N3O3/c1-21(2,3)33-20(32)28-8-7-17-29-18-15(5-4-6-16(18)22(25,26)27)19(31)30(17)14-10-12(23)9-13(24)11-14/h4-6,9-11H,7-8H2,1-3H3,(H,28,32). The highest BCUT2D eigenvalue weighted by atomic mass is 19.4. The fourth-order valence-electron chi connectivity index (χ4n) is 3.17. The van der Waals surface area contributed by atoms with Crippen molar-refractivity contribution in [2.45, 2.75) is 39.0 Å². The molecule has 0 aliphatic rings. The van der Waals surface area contributed by atoms with Gasteiger partial charge >= 0.3 is 12.3 Å². The van der Waals surface area contributed by atoms with Crippen LogP contribution < -0.4 is 10.9 Å². The average molecular weight is 469 g/mol. The largest absolute Gasteiger partial charge is 0.444 e. The summed E-state index contributed by atoms with van der Waals surface area (Å²) in [6.07, 6.45) is -5.80. The summed E-state index contributed by atoms with van der Waals surface area (Å²) in [5, 5.41) is 2.04. The van der Waals surface area contributed by atoms with Crippen LogP contribution >= 0.6 is 0 Å². The molecule has 1 aromatic heterocycles. The molecule has 0 bridgehead atoms. The minimum absolute atomic E-state index is 0.168. The van der Waals surface area contributed by atoms with Crippen molar-refractivity contribution in [2.24, 2.45) is 0 Å². The van der Waals surface area contributed by atoms with E-state index in [2.05, 4.69) is 10.3 Å². The zero-order valence-electron chi connectivity index (χ0n) is 17.9. The molecule has 33 heavy (non-hydrogen) atoms. The molecule has 2 aromatic carbocycles. The molecule has 1 N–H and O–H groups in total. The predicted octanol–water partition coefficient (Wildman–Crippen LogP) is 4.75. The van der Waals surface area contributed by atoms with Crippen LogP contribution in [0.3, 0.4) is 0 Å². The van der Waals surface area contributed by atoms with Gasteiger partial charge in [-0.1, -0.05) is 6.07 Å². The fourth-order valence-corrected chi connectivity index (χ4v) is 3.17. The molecule has 3 aromatic rings. The Morgan fingerprint density at radius 3 is 2.30 bits per heavy atom. The van der Waals surface area contributed by atoms with Crippen LogP contribution in [0, 0.1) is 11.6 Å². The third-order valence-electron chi connectivity index (χ3n) is 4.40. The third-order valence-corrected chi connectivity index (χ3v) is 4.40. The van der Waals surface area contributed by atoms with Gasteiger partial charge in [-0.3, -0.25) is 9.36 Å². The molecule has 1 amide bonds. The zero-order valence-corrected chi connectivity index (χ0v) is 17.9. The Hall–Kier alpha value is -3.50. The Kier molecular flexibility index (Phi) is 6.44. The van der Waals surface area contributed by atoms with E-state index in [9.17, 15) is 31.5 Å². The van der Waals surface area contributed by atoms with Crippen molar-refractivity contribution < 1.29 is 31.5 Å². The predicted molar refractivity (Wildman–Crippen MR) is 110 cm³/mol. The fraction of sp³-hybridized carbons (Fsp3) is 0.318. The number of fused-ring (bicyclic) bond motifs is 1. The lowest BCUT2D eigenvalue weighted by molar-refractivity contribution is -0.136. The number of hydrogen-bond donors (Lipinski definition) is 1. The molecule has 11 heteroatoms. The normalized spacial score (nSPS) is 12.1. The summed E-state index contributed by atoms with van der Waals surface area (Å²) in [6, 6.07) is 5.29. The molecule has 0 atom stereocenters. The number of alkyl halides is 3. The first kappa shape index (κ1) is 24.1. The van der Waals surface area contributed by atoms with Gasteiger partial charge in [0.05, 0.1) is 22.2 Å². The number of carbonyl (C=O) groups excluding carboxylic acids is 1. The van der Waals surface area contributed by atoms with E-state index in [0.29, 0.717) is 6.07 Å². The number of amides is 1. The topological polar surface area (TPSA) is 73.2 Å². The average Bonchev–Trinajstić information content (AvgIpc) is 2.64. The van der Waals surface area contributed by atoms with Gasteiger partial charge in [0.25, 0.3) is 5.56 Å². The van der Waals surface area contributed by atoms with Crippen LogP contribution in [0.5, 0.6) is 0 Å². The number of alkyl carbamates (subject to hydrolysis) is 1. The van der Waals surface area contributed by atoms with Crippen LogP contribution in [0.2, 0.25) is 0 Å². The Balaban J connectivity index is 2.13. The smallest absolute Gasteiger partial charge is 0.418 e. The highest BCUT2D eigenvalue weighted by Gasteiger charge is 2.34. The number of nitrogens with one attached hydrogen (secondary N) is 1. The van der Waals surface area contributed by atoms with E-state index >= 15 is 0 Å². The molecule has 0 aliphatic carbocycles. The summed E-state index contributed by atoms with van der Waals surface area (Å²) < 4.78 is 74.1. The summed E-state index contributed by atoms with van der Waals surface area (Å²) in [7, 11) is 0. The maximum atomic E-state index is 13.8. The van der Waals surface area contributed by atoms with Gasteiger partial charge in [0.15, 0.2) is 0 Å². The van der Waals surface area contributed by atoms with Crippen molar-refractivity contribution in [3.05, 3.63) is 69.8 Å². The summed E-state index contributed by atoms with van der Waals surface area (Å²) in [5.41, 5.74) is -3.71. The van der Waals surface area contributed by atoms with Gasteiger partial charge in [-0.2, -0.15) is 13.2 Å². The van der Waals surface area contributed by atoms with Gasteiger partial charge in [-0.25, -0.2) is 18.6 Å². The number of aromatic nitrogens is 2.